The summed E-state index contributed by atoms with van der Waals surface area (Å²) in [6.45, 7) is 1.52. The molecule has 144 valence electrons. The number of anilines is 1. The van der Waals surface area contributed by atoms with Crippen molar-refractivity contribution in [1.82, 2.24) is 0 Å². The number of benzene rings is 2. The zero-order valence-electron chi connectivity index (χ0n) is 15.3. The van der Waals surface area contributed by atoms with Gasteiger partial charge in [0.1, 0.15) is 0 Å². The van der Waals surface area contributed by atoms with Gasteiger partial charge in [0, 0.05) is 17.8 Å². The molecule has 27 heavy (non-hydrogen) atoms. The van der Waals surface area contributed by atoms with E-state index in [1.54, 1.807) is 18.2 Å². The zero-order chi connectivity index (χ0) is 20.0. The van der Waals surface area contributed by atoms with E-state index in [-0.39, 0.29) is 17.2 Å². The van der Waals surface area contributed by atoms with Gasteiger partial charge in [-0.2, -0.15) is 0 Å². The Morgan fingerprint density at radius 1 is 0.963 bits per heavy atom. The van der Waals surface area contributed by atoms with Crippen LogP contribution in [0.3, 0.4) is 0 Å². The first-order valence-corrected chi connectivity index (χ1v) is 7.91. The van der Waals surface area contributed by atoms with E-state index in [9.17, 15) is 14.9 Å². The number of nitrogens with one attached hydrogen (secondary N) is 1. The number of nitro benzene ring substituents is 1. The van der Waals surface area contributed by atoms with Gasteiger partial charge in [0.15, 0.2) is 29.1 Å². The molecule has 0 aromatic heterocycles. The average Bonchev–Trinajstić information content (AvgIpc) is 2.67. The Hall–Kier alpha value is -3.49. The molecule has 0 saturated carbocycles. The lowest BCUT2D eigenvalue weighted by Gasteiger charge is -2.17. The summed E-state index contributed by atoms with van der Waals surface area (Å²) < 4.78 is 21.0. The molecule has 1 N–H and O–H groups in total. The van der Waals surface area contributed by atoms with E-state index in [2.05, 4.69) is 5.32 Å². The van der Waals surface area contributed by atoms with Crippen LogP contribution in [0.1, 0.15) is 6.92 Å². The third kappa shape index (κ3) is 4.78. The maximum absolute atomic E-state index is 12.4. The Bertz CT molecular complexity index is 838. The first-order valence-electron chi connectivity index (χ1n) is 7.91. The van der Waals surface area contributed by atoms with Crippen LogP contribution in [0.25, 0.3) is 0 Å². The van der Waals surface area contributed by atoms with E-state index in [4.69, 9.17) is 18.9 Å². The van der Waals surface area contributed by atoms with Crippen LogP contribution < -0.4 is 24.3 Å². The minimum atomic E-state index is -0.936. The number of amides is 1. The Morgan fingerprint density at radius 2 is 1.56 bits per heavy atom. The summed E-state index contributed by atoms with van der Waals surface area (Å²) in [5.41, 5.74) is 0.317. The number of carbonyl (C=O) groups excluding carboxylic acids is 1. The molecule has 2 aromatic rings. The lowest BCUT2D eigenvalue weighted by atomic mass is 10.2. The number of nitrogens with zero attached hydrogens (tertiary/aromatic N) is 1. The van der Waals surface area contributed by atoms with Crippen molar-refractivity contribution in [3.8, 4) is 23.0 Å². The second kappa shape index (κ2) is 8.75. The monoisotopic (exact) mass is 376 g/mol. The van der Waals surface area contributed by atoms with Crippen LogP contribution in [0.5, 0.6) is 23.0 Å². The van der Waals surface area contributed by atoms with Gasteiger partial charge in [-0.3, -0.25) is 14.9 Å². The normalized spacial score (nSPS) is 11.3. The molecule has 0 heterocycles. The van der Waals surface area contributed by atoms with Crippen molar-refractivity contribution < 1.29 is 28.7 Å². The minimum Gasteiger partial charge on any atom is -0.493 e. The number of hydrogen-bond acceptors (Lipinski definition) is 7. The molecule has 2 aromatic carbocycles. The van der Waals surface area contributed by atoms with Crippen LogP contribution in [0.15, 0.2) is 36.4 Å². The van der Waals surface area contributed by atoms with Gasteiger partial charge in [0.05, 0.1) is 32.3 Å². The fraction of sp³-hybridized carbons (Fsp3) is 0.278. The highest BCUT2D eigenvalue weighted by Crippen LogP contribution is 2.32. The Balaban J connectivity index is 2.14. The Kier molecular flexibility index (Phi) is 6.42. The third-order valence-corrected chi connectivity index (χ3v) is 3.68. The third-order valence-electron chi connectivity index (χ3n) is 3.68. The minimum absolute atomic E-state index is 0.0988. The predicted molar refractivity (Wildman–Crippen MR) is 97.9 cm³/mol. The maximum atomic E-state index is 12.4. The van der Waals surface area contributed by atoms with Gasteiger partial charge in [-0.15, -0.1) is 0 Å². The van der Waals surface area contributed by atoms with Crippen molar-refractivity contribution in [2.75, 3.05) is 26.6 Å². The molecule has 1 atom stereocenters. The topological polar surface area (TPSA) is 109 Å². The van der Waals surface area contributed by atoms with Crippen LogP contribution in [0, 0.1) is 10.1 Å². The van der Waals surface area contributed by atoms with E-state index in [0.717, 1.165) is 0 Å². The standard InChI is InChI=1S/C18H20N2O7/c1-11(27-17-10-13(20(22)23)6-8-15(17)25-3)18(21)19-12-5-7-14(24-2)16(9-12)26-4/h5-11H,1-4H3,(H,19,21). The molecule has 0 aliphatic rings. The number of nitro groups is 1. The van der Waals surface area contributed by atoms with Gasteiger partial charge in [-0.1, -0.05) is 0 Å². The molecule has 9 heteroatoms. The lowest BCUT2D eigenvalue weighted by molar-refractivity contribution is -0.385. The van der Waals surface area contributed by atoms with Crippen LogP contribution in [-0.4, -0.2) is 38.3 Å². The second-order valence-corrected chi connectivity index (χ2v) is 5.41. The quantitative estimate of drug-likeness (QED) is 0.557. The van der Waals surface area contributed by atoms with Crippen molar-refractivity contribution in [1.29, 1.82) is 0 Å². The summed E-state index contributed by atoms with van der Waals surface area (Å²) in [5.74, 6) is 0.925. The molecule has 0 spiro atoms. The highest BCUT2D eigenvalue weighted by atomic mass is 16.6. The predicted octanol–water partition coefficient (Wildman–Crippen LogP) is 3.03. The van der Waals surface area contributed by atoms with Gasteiger partial charge in [-0.05, 0) is 25.1 Å². The van der Waals surface area contributed by atoms with Crippen molar-refractivity contribution in [2.45, 2.75) is 13.0 Å². The zero-order valence-corrected chi connectivity index (χ0v) is 15.3. The van der Waals surface area contributed by atoms with Crippen molar-refractivity contribution >= 4 is 17.3 Å². The van der Waals surface area contributed by atoms with Crippen LogP contribution in [0.2, 0.25) is 0 Å². The fourth-order valence-electron chi connectivity index (χ4n) is 2.27. The van der Waals surface area contributed by atoms with Crippen LogP contribution in [0.4, 0.5) is 11.4 Å². The van der Waals surface area contributed by atoms with Gasteiger partial charge in [0.25, 0.3) is 11.6 Å². The second-order valence-electron chi connectivity index (χ2n) is 5.41. The molecule has 2 rings (SSSR count). The Morgan fingerprint density at radius 3 is 2.15 bits per heavy atom. The van der Waals surface area contributed by atoms with E-state index >= 15 is 0 Å². The van der Waals surface area contributed by atoms with Crippen molar-refractivity contribution in [3.05, 3.63) is 46.5 Å². The summed E-state index contributed by atoms with van der Waals surface area (Å²) in [7, 11) is 4.41. The average molecular weight is 376 g/mol. The molecule has 0 saturated heterocycles. The first kappa shape index (κ1) is 19.8. The van der Waals surface area contributed by atoms with E-state index in [0.29, 0.717) is 17.2 Å². The summed E-state index contributed by atoms with van der Waals surface area (Å²) in [5, 5.41) is 13.6. The smallest absolute Gasteiger partial charge is 0.273 e. The number of ether oxygens (including phenoxy) is 4. The molecule has 0 bridgehead atoms. The van der Waals surface area contributed by atoms with E-state index < -0.39 is 16.9 Å². The molecule has 9 nitrogen and oxygen atoms in total. The molecule has 0 radical (unpaired) electrons. The molecule has 0 aliphatic carbocycles. The fourth-order valence-corrected chi connectivity index (χ4v) is 2.27. The number of methoxy groups -OCH3 is 3. The van der Waals surface area contributed by atoms with Gasteiger partial charge in [0.2, 0.25) is 0 Å². The SMILES string of the molecule is COc1ccc(NC(=O)C(C)Oc2cc([N+](=O)[O-])ccc2OC)cc1OC. The highest BCUT2D eigenvalue weighted by molar-refractivity contribution is 5.94. The van der Waals surface area contributed by atoms with Crippen molar-refractivity contribution in [2.24, 2.45) is 0 Å². The van der Waals surface area contributed by atoms with E-state index in [1.165, 1.54) is 46.5 Å². The summed E-state index contributed by atoms with van der Waals surface area (Å²) in [6.07, 6.45) is -0.936. The summed E-state index contributed by atoms with van der Waals surface area (Å²) in [6, 6.07) is 8.83. The largest absolute Gasteiger partial charge is 0.493 e. The van der Waals surface area contributed by atoms with Crippen molar-refractivity contribution in [3.63, 3.8) is 0 Å². The maximum Gasteiger partial charge on any atom is 0.273 e. The van der Waals surface area contributed by atoms with Gasteiger partial charge < -0.3 is 24.3 Å². The van der Waals surface area contributed by atoms with Crippen LogP contribution >= 0.6 is 0 Å². The number of rotatable bonds is 8. The molecule has 0 fully saturated rings. The van der Waals surface area contributed by atoms with Gasteiger partial charge >= 0.3 is 0 Å². The highest BCUT2D eigenvalue weighted by Gasteiger charge is 2.20. The molecule has 1 amide bonds. The number of carbonyl (C=O) groups is 1. The number of hydrogen-bond donors (Lipinski definition) is 1. The molecular formula is C18H20N2O7. The summed E-state index contributed by atoms with van der Waals surface area (Å²) >= 11 is 0. The van der Waals surface area contributed by atoms with Gasteiger partial charge in [-0.25, -0.2) is 0 Å². The first-order chi connectivity index (χ1) is 12.9. The molecule has 1 unspecified atom stereocenters. The molecular weight excluding hydrogens is 356 g/mol. The summed E-state index contributed by atoms with van der Waals surface area (Å²) in [4.78, 5) is 22.8. The lowest BCUT2D eigenvalue weighted by Crippen LogP contribution is -2.30. The Labute approximate surface area is 155 Å². The molecule has 0 aliphatic heterocycles. The van der Waals surface area contributed by atoms with E-state index in [1.807, 2.05) is 0 Å². The number of non-ortho nitro benzene ring substituents is 1. The van der Waals surface area contributed by atoms with Crippen LogP contribution in [-0.2, 0) is 4.79 Å².